The molecule has 0 bridgehead atoms. The zero-order valence-electron chi connectivity index (χ0n) is 14.7. The molecule has 2 heterocycles. The molecule has 0 unspecified atom stereocenters. The molecule has 2 aromatic carbocycles. The van der Waals surface area contributed by atoms with Crippen LogP contribution in [0.15, 0.2) is 47.3 Å². The van der Waals surface area contributed by atoms with Crippen molar-refractivity contribution in [3.8, 4) is 11.5 Å². The summed E-state index contributed by atoms with van der Waals surface area (Å²) in [6.07, 6.45) is 0.589. The lowest BCUT2D eigenvalue weighted by Crippen LogP contribution is -2.25. The van der Waals surface area contributed by atoms with E-state index < -0.39 is 0 Å². The molecule has 1 aromatic heterocycles. The highest BCUT2D eigenvalue weighted by Crippen LogP contribution is 2.33. The largest absolute Gasteiger partial charge is 0.486 e. The predicted octanol–water partition coefficient (Wildman–Crippen LogP) is 1.94. The summed E-state index contributed by atoms with van der Waals surface area (Å²) < 4.78 is 11.2. The van der Waals surface area contributed by atoms with E-state index in [1.165, 1.54) is 0 Å². The molecule has 2 N–H and O–H groups in total. The highest BCUT2D eigenvalue weighted by atomic mass is 16.6. The van der Waals surface area contributed by atoms with Gasteiger partial charge in [-0.25, -0.2) is 4.98 Å². The summed E-state index contributed by atoms with van der Waals surface area (Å²) in [5.74, 6) is 1.76. The maximum atomic E-state index is 12.2. The fourth-order valence-corrected chi connectivity index (χ4v) is 3.04. The average molecular weight is 365 g/mol. The van der Waals surface area contributed by atoms with Gasteiger partial charge in [0.2, 0.25) is 5.91 Å². The van der Waals surface area contributed by atoms with E-state index in [4.69, 9.17) is 9.47 Å². The number of nitrogens with one attached hydrogen (secondary N) is 2. The van der Waals surface area contributed by atoms with Crippen LogP contribution in [0.3, 0.4) is 0 Å². The third-order valence-electron chi connectivity index (χ3n) is 4.37. The van der Waals surface area contributed by atoms with Gasteiger partial charge < -0.3 is 19.8 Å². The lowest BCUT2D eigenvalue weighted by atomic mass is 10.1. The molecule has 7 nitrogen and oxygen atoms in total. The van der Waals surface area contributed by atoms with Gasteiger partial charge in [-0.05, 0) is 18.2 Å². The fraction of sp³-hybridized carbons (Fsp3) is 0.250. The molecule has 138 valence electrons. The Balaban J connectivity index is 1.37. The predicted molar refractivity (Wildman–Crippen MR) is 100.0 cm³/mol. The van der Waals surface area contributed by atoms with E-state index in [9.17, 15) is 9.59 Å². The number of benzene rings is 2. The number of carbonyl (C=O) groups excluding carboxylic acids is 1. The fourth-order valence-electron chi connectivity index (χ4n) is 3.04. The maximum absolute atomic E-state index is 12.2. The summed E-state index contributed by atoms with van der Waals surface area (Å²) in [5, 5.41) is 3.42. The third-order valence-corrected chi connectivity index (χ3v) is 4.37. The number of hydrogen-bond acceptors (Lipinski definition) is 5. The highest BCUT2D eigenvalue weighted by molar-refractivity contribution is 5.78. The zero-order valence-corrected chi connectivity index (χ0v) is 14.7. The van der Waals surface area contributed by atoms with Crippen LogP contribution in [0, 0.1) is 0 Å². The summed E-state index contributed by atoms with van der Waals surface area (Å²) in [6.45, 7) is 1.38. The minimum absolute atomic E-state index is 0.125. The van der Waals surface area contributed by atoms with Gasteiger partial charge in [0.1, 0.15) is 19.0 Å². The number of fused-ring (bicyclic) bond motifs is 2. The first-order valence-corrected chi connectivity index (χ1v) is 8.83. The number of hydrogen-bond donors (Lipinski definition) is 2. The number of nitrogens with zero attached hydrogens (tertiary/aromatic N) is 1. The van der Waals surface area contributed by atoms with Crippen molar-refractivity contribution < 1.29 is 14.3 Å². The summed E-state index contributed by atoms with van der Waals surface area (Å²) in [5.41, 5.74) is 1.31. The molecule has 4 rings (SSSR count). The average Bonchev–Trinajstić information content (AvgIpc) is 2.71. The van der Waals surface area contributed by atoms with Crippen LogP contribution >= 0.6 is 0 Å². The number of carbonyl (C=O) groups is 1. The van der Waals surface area contributed by atoms with E-state index in [1.54, 1.807) is 18.2 Å². The van der Waals surface area contributed by atoms with Gasteiger partial charge in [-0.15, -0.1) is 0 Å². The highest BCUT2D eigenvalue weighted by Gasteiger charge is 2.16. The van der Waals surface area contributed by atoms with Gasteiger partial charge in [-0.1, -0.05) is 24.3 Å². The molecule has 0 saturated heterocycles. The molecule has 27 heavy (non-hydrogen) atoms. The molecule has 7 heteroatoms. The minimum atomic E-state index is -0.191. The van der Waals surface area contributed by atoms with Crippen molar-refractivity contribution in [1.29, 1.82) is 0 Å². The van der Waals surface area contributed by atoms with Crippen LogP contribution in [0.25, 0.3) is 10.9 Å². The van der Waals surface area contributed by atoms with Gasteiger partial charge in [0.25, 0.3) is 5.56 Å². The van der Waals surface area contributed by atoms with Gasteiger partial charge in [0.15, 0.2) is 11.5 Å². The lowest BCUT2D eigenvalue weighted by molar-refractivity contribution is -0.121. The molecule has 0 saturated carbocycles. The second-order valence-corrected chi connectivity index (χ2v) is 6.25. The number of H-pyrrole nitrogens is 1. The second-order valence-electron chi connectivity index (χ2n) is 6.25. The Kier molecular flexibility index (Phi) is 4.74. The first kappa shape index (κ1) is 17.1. The van der Waals surface area contributed by atoms with Crippen LogP contribution in [-0.2, 0) is 17.8 Å². The van der Waals surface area contributed by atoms with Crippen LogP contribution in [-0.4, -0.2) is 29.1 Å². The molecule has 0 spiro atoms. The van der Waals surface area contributed by atoms with Gasteiger partial charge in [-0.3, -0.25) is 9.59 Å². The van der Waals surface area contributed by atoms with E-state index in [-0.39, 0.29) is 17.9 Å². The SMILES string of the molecule is O=C(CCc1nc2ccccc2c(=O)[nH]1)NCc1cccc2c1OCCO2. The molecule has 0 aliphatic carbocycles. The van der Waals surface area contributed by atoms with E-state index >= 15 is 0 Å². The summed E-state index contributed by atoms with van der Waals surface area (Å²) in [7, 11) is 0. The molecule has 0 radical (unpaired) electrons. The van der Waals surface area contributed by atoms with Crippen molar-refractivity contribution in [3.63, 3.8) is 0 Å². The standard InChI is InChI=1S/C20H19N3O4/c24-18(21-12-13-4-3-7-16-19(13)27-11-10-26-16)9-8-17-22-15-6-2-1-5-14(15)20(25)23-17/h1-7H,8-12H2,(H,21,24)(H,22,23,25). The zero-order chi connectivity index (χ0) is 18.6. The molecular weight excluding hydrogens is 346 g/mol. The number of ether oxygens (including phenoxy) is 2. The van der Waals surface area contributed by atoms with E-state index in [1.807, 2.05) is 24.3 Å². The molecule has 3 aromatic rings. The molecule has 0 atom stereocenters. The number of aromatic amines is 1. The normalized spacial score (nSPS) is 12.7. The van der Waals surface area contributed by atoms with Crippen LogP contribution in [0.1, 0.15) is 17.8 Å². The Hall–Kier alpha value is -3.35. The number of para-hydroxylation sites is 2. The maximum Gasteiger partial charge on any atom is 0.258 e. The molecule has 0 fully saturated rings. The van der Waals surface area contributed by atoms with Crippen molar-refractivity contribution in [2.45, 2.75) is 19.4 Å². The van der Waals surface area contributed by atoms with Gasteiger partial charge >= 0.3 is 0 Å². The van der Waals surface area contributed by atoms with Crippen LogP contribution in [0.4, 0.5) is 0 Å². The van der Waals surface area contributed by atoms with Crippen LogP contribution in [0.5, 0.6) is 11.5 Å². The Morgan fingerprint density at radius 3 is 2.89 bits per heavy atom. The summed E-state index contributed by atoms with van der Waals surface area (Å²) in [6, 6.07) is 12.8. The van der Waals surface area contributed by atoms with Gasteiger partial charge in [0.05, 0.1) is 10.9 Å². The Morgan fingerprint density at radius 1 is 1.11 bits per heavy atom. The summed E-state index contributed by atoms with van der Waals surface area (Å²) in [4.78, 5) is 31.4. The molecule has 1 aliphatic rings. The third kappa shape index (κ3) is 3.76. The van der Waals surface area contributed by atoms with Gasteiger partial charge in [0, 0.05) is 24.9 Å². The van der Waals surface area contributed by atoms with E-state index in [0.717, 1.165) is 5.56 Å². The first-order chi connectivity index (χ1) is 13.2. The van der Waals surface area contributed by atoms with Crippen LogP contribution < -0.4 is 20.3 Å². The topological polar surface area (TPSA) is 93.3 Å². The first-order valence-electron chi connectivity index (χ1n) is 8.83. The van der Waals surface area contributed by atoms with Crippen molar-refractivity contribution >= 4 is 16.8 Å². The van der Waals surface area contributed by atoms with Gasteiger partial charge in [-0.2, -0.15) is 0 Å². The quantitative estimate of drug-likeness (QED) is 0.721. The number of amides is 1. The van der Waals surface area contributed by atoms with E-state index in [2.05, 4.69) is 15.3 Å². The smallest absolute Gasteiger partial charge is 0.258 e. The van der Waals surface area contributed by atoms with Crippen molar-refractivity contribution in [2.24, 2.45) is 0 Å². The molecule has 1 aliphatic heterocycles. The second kappa shape index (κ2) is 7.49. The number of aromatic nitrogens is 2. The Morgan fingerprint density at radius 2 is 1.96 bits per heavy atom. The Bertz CT molecular complexity index is 1040. The van der Waals surface area contributed by atoms with E-state index in [0.29, 0.717) is 54.4 Å². The number of rotatable bonds is 5. The summed E-state index contributed by atoms with van der Waals surface area (Å²) >= 11 is 0. The minimum Gasteiger partial charge on any atom is -0.486 e. The van der Waals surface area contributed by atoms with Crippen LogP contribution in [0.2, 0.25) is 0 Å². The molecular formula is C20H19N3O4. The van der Waals surface area contributed by atoms with Crippen molar-refractivity contribution in [3.05, 3.63) is 64.2 Å². The van der Waals surface area contributed by atoms with Crippen molar-refractivity contribution in [2.75, 3.05) is 13.2 Å². The monoisotopic (exact) mass is 365 g/mol. The Labute approximate surface area is 155 Å². The van der Waals surface area contributed by atoms with Crippen molar-refractivity contribution in [1.82, 2.24) is 15.3 Å². The number of aryl methyl sites for hydroxylation is 1. The molecule has 1 amide bonds. The lowest BCUT2D eigenvalue weighted by Gasteiger charge is -2.21.